The van der Waals surface area contributed by atoms with Crippen LogP contribution in [0.5, 0.6) is 5.75 Å². The third-order valence-electron chi connectivity index (χ3n) is 3.88. The summed E-state index contributed by atoms with van der Waals surface area (Å²) in [6.07, 6.45) is 4.69. The lowest BCUT2D eigenvalue weighted by atomic mass is 10.0. The molecule has 1 fully saturated rings. The predicted octanol–water partition coefficient (Wildman–Crippen LogP) is 2.14. The van der Waals surface area contributed by atoms with Crippen molar-refractivity contribution in [1.29, 1.82) is 0 Å². The van der Waals surface area contributed by atoms with E-state index in [-0.39, 0.29) is 0 Å². The van der Waals surface area contributed by atoms with Crippen molar-refractivity contribution in [3.05, 3.63) is 29.3 Å². The van der Waals surface area contributed by atoms with E-state index in [1.165, 1.54) is 30.5 Å². The van der Waals surface area contributed by atoms with Gasteiger partial charge in [-0.1, -0.05) is 19.1 Å². The summed E-state index contributed by atoms with van der Waals surface area (Å²) in [6, 6.07) is 7.16. The molecular weight excluding hydrogens is 236 g/mol. The zero-order valence-electron chi connectivity index (χ0n) is 12.2. The van der Waals surface area contributed by atoms with Crippen LogP contribution >= 0.6 is 0 Å². The molecule has 19 heavy (non-hydrogen) atoms. The molecule has 1 aromatic carbocycles. The maximum absolute atomic E-state index is 5.45. The minimum atomic E-state index is 0.633. The fourth-order valence-corrected chi connectivity index (χ4v) is 2.68. The Hall–Kier alpha value is -1.06. The number of methoxy groups -OCH3 is 1. The molecule has 1 aliphatic heterocycles. The van der Waals surface area contributed by atoms with Crippen LogP contribution in [0.4, 0.5) is 0 Å². The highest BCUT2D eigenvalue weighted by atomic mass is 16.5. The summed E-state index contributed by atoms with van der Waals surface area (Å²) < 4.78 is 5.45. The molecule has 0 bridgehead atoms. The number of aryl methyl sites for hydroxylation is 1. The first-order valence-electron chi connectivity index (χ1n) is 7.43. The van der Waals surface area contributed by atoms with Crippen molar-refractivity contribution in [2.75, 3.05) is 26.7 Å². The van der Waals surface area contributed by atoms with Crippen LogP contribution in [0.15, 0.2) is 18.2 Å². The second kappa shape index (κ2) is 7.51. The zero-order chi connectivity index (χ0) is 13.5. The Kier molecular flexibility index (Phi) is 5.67. The summed E-state index contributed by atoms with van der Waals surface area (Å²) in [5, 5.41) is 7.08. The van der Waals surface area contributed by atoms with E-state index >= 15 is 0 Å². The maximum Gasteiger partial charge on any atom is 0.122 e. The standard InChI is InChI=1S/C16H26N2O/c1-3-13-6-7-16(19-2)14(11-13)8-10-18-15-5-4-9-17-12-15/h6-7,11,15,17-18H,3-5,8-10,12H2,1-2H3. The van der Waals surface area contributed by atoms with Crippen molar-refractivity contribution >= 4 is 0 Å². The fraction of sp³-hybridized carbons (Fsp3) is 0.625. The van der Waals surface area contributed by atoms with Crippen LogP contribution < -0.4 is 15.4 Å². The van der Waals surface area contributed by atoms with E-state index in [1.807, 2.05) is 0 Å². The quantitative estimate of drug-likeness (QED) is 0.824. The normalized spacial score (nSPS) is 19.4. The first-order valence-corrected chi connectivity index (χ1v) is 7.43. The number of rotatable bonds is 6. The number of nitrogens with one attached hydrogen (secondary N) is 2. The van der Waals surface area contributed by atoms with Gasteiger partial charge in [0.2, 0.25) is 0 Å². The number of hydrogen-bond donors (Lipinski definition) is 2. The van der Waals surface area contributed by atoms with E-state index in [0.717, 1.165) is 31.7 Å². The van der Waals surface area contributed by atoms with E-state index in [1.54, 1.807) is 7.11 Å². The Morgan fingerprint density at radius 2 is 2.32 bits per heavy atom. The molecule has 1 unspecified atom stereocenters. The Labute approximate surface area is 116 Å². The average Bonchev–Trinajstić information content (AvgIpc) is 2.48. The van der Waals surface area contributed by atoms with Gasteiger partial charge in [-0.05, 0) is 56.0 Å². The smallest absolute Gasteiger partial charge is 0.122 e. The van der Waals surface area contributed by atoms with Crippen LogP contribution in [0.25, 0.3) is 0 Å². The molecule has 1 aromatic rings. The topological polar surface area (TPSA) is 33.3 Å². The van der Waals surface area contributed by atoms with Gasteiger partial charge in [0.1, 0.15) is 5.75 Å². The van der Waals surface area contributed by atoms with Gasteiger partial charge >= 0.3 is 0 Å². The Morgan fingerprint density at radius 3 is 3.00 bits per heavy atom. The molecule has 0 spiro atoms. The van der Waals surface area contributed by atoms with Crippen molar-refractivity contribution in [3.63, 3.8) is 0 Å². The lowest BCUT2D eigenvalue weighted by Gasteiger charge is -2.24. The van der Waals surface area contributed by atoms with Crippen LogP contribution in [0.3, 0.4) is 0 Å². The molecule has 0 saturated carbocycles. The van der Waals surface area contributed by atoms with Crippen molar-refractivity contribution < 1.29 is 4.74 Å². The molecule has 0 aliphatic carbocycles. The Bertz CT molecular complexity index is 386. The van der Waals surface area contributed by atoms with Gasteiger partial charge in [0.15, 0.2) is 0 Å². The highest BCUT2D eigenvalue weighted by Crippen LogP contribution is 2.20. The highest BCUT2D eigenvalue weighted by Gasteiger charge is 2.12. The minimum Gasteiger partial charge on any atom is -0.496 e. The third-order valence-corrected chi connectivity index (χ3v) is 3.88. The first kappa shape index (κ1) is 14.4. The summed E-state index contributed by atoms with van der Waals surface area (Å²) in [6.45, 7) is 5.49. The van der Waals surface area contributed by atoms with Gasteiger partial charge < -0.3 is 15.4 Å². The molecule has 3 nitrogen and oxygen atoms in total. The van der Waals surface area contributed by atoms with Gasteiger partial charge in [-0.15, -0.1) is 0 Å². The molecule has 0 amide bonds. The van der Waals surface area contributed by atoms with E-state index in [9.17, 15) is 0 Å². The monoisotopic (exact) mass is 262 g/mol. The first-order chi connectivity index (χ1) is 9.33. The summed E-state index contributed by atoms with van der Waals surface area (Å²) in [4.78, 5) is 0. The van der Waals surface area contributed by atoms with Crippen LogP contribution in [0.2, 0.25) is 0 Å². The molecule has 2 N–H and O–H groups in total. The molecule has 1 heterocycles. The summed E-state index contributed by atoms with van der Waals surface area (Å²) in [5.74, 6) is 1.01. The second-order valence-corrected chi connectivity index (χ2v) is 5.25. The van der Waals surface area contributed by atoms with Crippen molar-refractivity contribution in [2.45, 2.75) is 38.6 Å². The molecule has 2 rings (SSSR count). The molecule has 1 saturated heterocycles. The summed E-state index contributed by atoms with van der Waals surface area (Å²) in [7, 11) is 1.75. The number of benzene rings is 1. The molecule has 0 radical (unpaired) electrons. The van der Waals surface area contributed by atoms with Crippen LogP contribution in [0, 0.1) is 0 Å². The fourth-order valence-electron chi connectivity index (χ4n) is 2.68. The van der Waals surface area contributed by atoms with Gasteiger partial charge in [0, 0.05) is 12.6 Å². The number of ether oxygens (including phenoxy) is 1. The van der Waals surface area contributed by atoms with E-state index in [2.05, 4.69) is 35.8 Å². The second-order valence-electron chi connectivity index (χ2n) is 5.25. The third kappa shape index (κ3) is 4.22. The molecular formula is C16H26N2O. The van der Waals surface area contributed by atoms with E-state index in [0.29, 0.717) is 6.04 Å². The van der Waals surface area contributed by atoms with Crippen molar-refractivity contribution in [3.8, 4) is 5.75 Å². The van der Waals surface area contributed by atoms with Gasteiger partial charge in [-0.25, -0.2) is 0 Å². The van der Waals surface area contributed by atoms with Crippen molar-refractivity contribution in [2.24, 2.45) is 0 Å². The lowest BCUT2D eigenvalue weighted by Crippen LogP contribution is -2.43. The minimum absolute atomic E-state index is 0.633. The average molecular weight is 262 g/mol. The van der Waals surface area contributed by atoms with E-state index in [4.69, 9.17) is 4.74 Å². The molecule has 1 aliphatic rings. The van der Waals surface area contributed by atoms with Crippen LogP contribution in [0.1, 0.15) is 30.9 Å². The SMILES string of the molecule is CCc1ccc(OC)c(CCNC2CCCNC2)c1. The van der Waals surface area contributed by atoms with Gasteiger partial charge in [-0.3, -0.25) is 0 Å². The molecule has 3 heteroatoms. The highest BCUT2D eigenvalue weighted by molar-refractivity contribution is 5.37. The number of piperidine rings is 1. The van der Waals surface area contributed by atoms with Crippen LogP contribution in [-0.2, 0) is 12.8 Å². The van der Waals surface area contributed by atoms with Gasteiger partial charge in [-0.2, -0.15) is 0 Å². The molecule has 0 aromatic heterocycles. The maximum atomic E-state index is 5.45. The molecule has 1 atom stereocenters. The number of hydrogen-bond acceptors (Lipinski definition) is 3. The Balaban J connectivity index is 1.86. The summed E-state index contributed by atoms with van der Waals surface area (Å²) in [5.41, 5.74) is 2.70. The zero-order valence-corrected chi connectivity index (χ0v) is 12.2. The molecule has 106 valence electrons. The Morgan fingerprint density at radius 1 is 1.42 bits per heavy atom. The lowest BCUT2D eigenvalue weighted by molar-refractivity contribution is 0.387. The van der Waals surface area contributed by atoms with Gasteiger partial charge in [0.25, 0.3) is 0 Å². The van der Waals surface area contributed by atoms with Crippen LogP contribution in [-0.4, -0.2) is 32.8 Å². The summed E-state index contributed by atoms with van der Waals surface area (Å²) >= 11 is 0. The largest absolute Gasteiger partial charge is 0.496 e. The van der Waals surface area contributed by atoms with Crippen molar-refractivity contribution in [1.82, 2.24) is 10.6 Å². The predicted molar refractivity (Wildman–Crippen MR) is 80.0 cm³/mol. The van der Waals surface area contributed by atoms with Gasteiger partial charge in [0.05, 0.1) is 7.11 Å². The van der Waals surface area contributed by atoms with E-state index < -0.39 is 0 Å².